The molecule has 0 bridgehead atoms. The molecule has 2 atom stereocenters. The van der Waals surface area contributed by atoms with Gasteiger partial charge in [-0.2, -0.15) is 0 Å². The second-order valence-corrected chi connectivity index (χ2v) is 5.38. The lowest BCUT2D eigenvalue weighted by molar-refractivity contribution is 0.0637. The average molecular weight is 278 g/mol. The average Bonchev–Trinajstić information content (AvgIpc) is 2.89. The van der Waals surface area contributed by atoms with Crippen molar-refractivity contribution in [3.8, 4) is 0 Å². The van der Waals surface area contributed by atoms with Gasteiger partial charge in [0, 0.05) is 31.0 Å². The summed E-state index contributed by atoms with van der Waals surface area (Å²) in [6, 6.07) is 8.38. The molecule has 1 aromatic rings. The molecule has 4 heteroatoms. The smallest absolute Gasteiger partial charge is 0.0751 e. The third kappa shape index (κ3) is 4.12. The number of likely N-dealkylation sites (N-methyl/N-ethyl adjacent to an activating group) is 1. The van der Waals surface area contributed by atoms with Gasteiger partial charge >= 0.3 is 0 Å². The minimum Gasteiger partial charge on any atom is -0.395 e. The fraction of sp³-hybridized carbons (Fsp3) is 0.625. The number of nitrogens with zero attached hydrogens (tertiary/aromatic N) is 1. The van der Waals surface area contributed by atoms with Crippen molar-refractivity contribution in [3.63, 3.8) is 0 Å². The van der Waals surface area contributed by atoms with Crippen LogP contribution >= 0.6 is 0 Å². The van der Waals surface area contributed by atoms with Gasteiger partial charge in [0.2, 0.25) is 0 Å². The van der Waals surface area contributed by atoms with E-state index in [2.05, 4.69) is 48.3 Å². The predicted octanol–water partition coefficient (Wildman–Crippen LogP) is 2.48. The second-order valence-electron chi connectivity index (χ2n) is 5.38. The van der Waals surface area contributed by atoms with Crippen LogP contribution in [0.1, 0.15) is 26.7 Å². The molecule has 0 spiro atoms. The fourth-order valence-electron chi connectivity index (χ4n) is 2.65. The molecule has 20 heavy (non-hydrogen) atoms. The highest BCUT2D eigenvalue weighted by Crippen LogP contribution is 2.21. The van der Waals surface area contributed by atoms with Crippen LogP contribution in [0.3, 0.4) is 0 Å². The van der Waals surface area contributed by atoms with Gasteiger partial charge in [0.15, 0.2) is 0 Å². The maximum atomic E-state index is 9.04. The fourth-order valence-corrected chi connectivity index (χ4v) is 2.65. The van der Waals surface area contributed by atoms with E-state index in [-0.39, 0.29) is 6.61 Å². The zero-order chi connectivity index (χ0) is 14.4. The van der Waals surface area contributed by atoms with E-state index < -0.39 is 0 Å². The molecule has 0 radical (unpaired) electrons. The van der Waals surface area contributed by atoms with E-state index in [9.17, 15) is 0 Å². The molecule has 0 saturated carbocycles. The van der Waals surface area contributed by atoms with Crippen molar-refractivity contribution in [2.24, 2.45) is 0 Å². The Kier molecular flexibility index (Phi) is 5.68. The molecule has 0 aliphatic carbocycles. The van der Waals surface area contributed by atoms with Crippen molar-refractivity contribution in [2.45, 2.75) is 38.9 Å². The first-order chi connectivity index (χ1) is 9.72. The highest BCUT2D eigenvalue weighted by atomic mass is 16.5. The first kappa shape index (κ1) is 15.1. The maximum absolute atomic E-state index is 9.04. The van der Waals surface area contributed by atoms with Gasteiger partial charge in [-0.15, -0.1) is 0 Å². The number of hydrogen-bond donors (Lipinski definition) is 2. The second kappa shape index (κ2) is 7.50. The van der Waals surface area contributed by atoms with Crippen LogP contribution in [-0.2, 0) is 4.74 Å². The predicted molar refractivity (Wildman–Crippen MR) is 83.5 cm³/mol. The number of aliphatic hydroxyl groups is 1. The van der Waals surface area contributed by atoms with Crippen molar-refractivity contribution < 1.29 is 9.84 Å². The third-order valence-corrected chi connectivity index (χ3v) is 3.84. The van der Waals surface area contributed by atoms with Gasteiger partial charge in [0.25, 0.3) is 0 Å². The lowest BCUT2D eigenvalue weighted by atomic mass is 10.2. The molecule has 2 N–H and O–H groups in total. The number of anilines is 2. The van der Waals surface area contributed by atoms with Crippen LogP contribution in [-0.4, -0.2) is 43.6 Å². The molecule has 0 amide bonds. The standard InChI is InChI=1S/C16H26N2O2/c1-3-18(10-11-19)15-7-5-14(6-8-15)17-12-16-9-4-13(2)20-16/h5-8,13,16-17,19H,3-4,9-12H2,1-2H3. The van der Waals surface area contributed by atoms with Crippen molar-refractivity contribution in [2.75, 3.05) is 36.5 Å². The van der Waals surface area contributed by atoms with Crippen molar-refractivity contribution in [3.05, 3.63) is 24.3 Å². The summed E-state index contributed by atoms with van der Waals surface area (Å²) in [4.78, 5) is 2.16. The van der Waals surface area contributed by atoms with Crippen LogP contribution in [0.4, 0.5) is 11.4 Å². The van der Waals surface area contributed by atoms with Gasteiger partial charge in [-0.05, 0) is 51.0 Å². The summed E-state index contributed by atoms with van der Waals surface area (Å²) in [6.07, 6.45) is 3.05. The van der Waals surface area contributed by atoms with Crippen LogP contribution in [0.5, 0.6) is 0 Å². The van der Waals surface area contributed by atoms with E-state index in [0.29, 0.717) is 18.8 Å². The minimum atomic E-state index is 0.186. The minimum absolute atomic E-state index is 0.186. The Morgan fingerprint density at radius 3 is 2.60 bits per heavy atom. The summed E-state index contributed by atoms with van der Waals surface area (Å²) in [5.41, 5.74) is 2.27. The Labute approximate surface area is 121 Å². The van der Waals surface area contributed by atoms with Gasteiger partial charge < -0.3 is 20.1 Å². The molecule has 0 aromatic heterocycles. The Balaban J connectivity index is 1.84. The normalized spacial score (nSPS) is 21.9. The summed E-state index contributed by atoms with van der Waals surface area (Å²) >= 11 is 0. The van der Waals surface area contributed by atoms with Gasteiger partial charge in [-0.3, -0.25) is 0 Å². The largest absolute Gasteiger partial charge is 0.395 e. The van der Waals surface area contributed by atoms with E-state index in [1.54, 1.807) is 0 Å². The van der Waals surface area contributed by atoms with Crippen LogP contribution in [0.15, 0.2) is 24.3 Å². The summed E-state index contributed by atoms with van der Waals surface area (Å²) in [7, 11) is 0. The first-order valence-electron chi connectivity index (χ1n) is 7.58. The summed E-state index contributed by atoms with van der Waals surface area (Å²) in [6.45, 7) is 6.87. The van der Waals surface area contributed by atoms with Crippen LogP contribution in [0.25, 0.3) is 0 Å². The number of rotatable bonds is 7. The molecule has 4 nitrogen and oxygen atoms in total. The van der Waals surface area contributed by atoms with E-state index in [1.165, 1.54) is 0 Å². The number of hydrogen-bond acceptors (Lipinski definition) is 4. The zero-order valence-corrected chi connectivity index (χ0v) is 12.5. The molecule has 2 unspecified atom stereocenters. The monoisotopic (exact) mass is 278 g/mol. The van der Waals surface area contributed by atoms with Crippen LogP contribution < -0.4 is 10.2 Å². The van der Waals surface area contributed by atoms with Crippen molar-refractivity contribution in [1.82, 2.24) is 0 Å². The van der Waals surface area contributed by atoms with Crippen molar-refractivity contribution in [1.29, 1.82) is 0 Å². The van der Waals surface area contributed by atoms with Gasteiger partial charge in [0.1, 0.15) is 0 Å². The van der Waals surface area contributed by atoms with Crippen molar-refractivity contribution >= 4 is 11.4 Å². The van der Waals surface area contributed by atoms with E-state index in [4.69, 9.17) is 9.84 Å². The molecule has 2 rings (SSSR count). The molecule has 1 aliphatic rings. The van der Waals surface area contributed by atoms with E-state index in [1.807, 2.05) is 0 Å². The molecule has 1 heterocycles. The van der Waals surface area contributed by atoms with E-state index >= 15 is 0 Å². The van der Waals surface area contributed by atoms with Crippen LogP contribution in [0.2, 0.25) is 0 Å². The quantitative estimate of drug-likeness (QED) is 0.804. The lowest BCUT2D eigenvalue weighted by Gasteiger charge is -2.22. The topological polar surface area (TPSA) is 44.7 Å². The molecular formula is C16H26N2O2. The zero-order valence-electron chi connectivity index (χ0n) is 12.5. The number of benzene rings is 1. The SMILES string of the molecule is CCN(CCO)c1ccc(NCC2CCC(C)O2)cc1. The molecular weight excluding hydrogens is 252 g/mol. The van der Waals surface area contributed by atoms with Crippen LogP contribution in [0, 0.1) is 0 Å². The molecule has 112 valence electrons. The summed E-state index contributed by atoms with van der Waals surface area (Å²) in [5, 5.41) is 12.5. The van der Waals surface area contributed by atoms with Gasteiger partial charge in [0.05, 0.1) is 18.8 Å². The number of ether oxygens (including phenoxy) is 1. The molecule has 1 aromatic carbocycles. The first-order valence-corrected chi connectivity index (χ1v) is 7.58. The van der Waals surface area contributed by atoms with Gasteiger partial charge in [-0.1, -0.05) is 0 Å². The highest BCUT2D eigenvalue weighted by molar-refractivity contribution is 5.55. The molecule has 1 saturated heterocycles. The van der Waals surface area contributed by atoms with E-state index in [0.717, 1.165) is 37.3 Å². The molecule has 1 fully saturated rings. The van der Waals surface area contributed by atoms with Gasteiger partial charge in [-0.25, -0.2) is 0 Å². The maximum Gasteiger partial charge on any atom is 0.0751 e. The summed E-state index contributed by atoms with van der Waals surface area (Å²) in [5.74, 6) is 0. The highest BCUT2D eigenvalue weighted by Gasteiger charge is 2.21. The summed E-state index contributed by atoms with van der Waals surface area (Å²) < 4.78 is 5.80. The number of aliphatic hydroxyl groups excluding tert-OH is 1. The third-order valence-electron chi connectivity index (χ3n) is 3.84. The number of nitrogens with one attached hydrogen (secondary N) is 1. The molecule has 1 aliphatic heterocycles. The Morgan fingerprint density at radius 2 is 2.05 bits per heavy atom. The lowest BCUT2D eigenvalue weighted by Crippen LogP contribution is -2.26. The Bertz CT molecular complexity index is 394. The Hall–Kier alpha value is -1.26. The Morgan fingerprint density at radius 1 is 1.30 bits per heavy atom.